The number of rotatable bonds is 6. The summed E-state index contributed by atoms with van der Waals surface area (Å²) in [4.78, 5) is 11.1. The fraction of sp³-hybridized carbons (Fsp3) is 0.909. The largest absolute Gasteiger partial charge is 0.452 e. The van der Waals surface area contributed by atoms with E-state index in [1.807, 2.05) is 11.6 Å². The van der Waals surface area contributed by atoms with Gasteiger partial charge in [-0.3, -0.25) is 0 Å². The molecule has 1 atom stereocenters. The minimum Gasteiger partial charge on any atom is -0.452 e. The number of ether oxygens (including phenoxy) is 1. The van der Waals surface area contributed by atoms with Crippen LogP contribution in [0.5, 0.6) is 0 Å². The highest BCUT2D eigenvalue weighted by atomic mass is 32.2. The zero-order valence-corrected chi connectivity index (χ0v) is 12.3. The van der Waals surface area contributed by atoms with Crippen LogP contribution in [0, 0.1) is 5.92 Å². The molecule has 2 N–H and O–H groups in total. The molecular weight excluding hydrogens is 270 g/mol. The number of carbonyl (C=O) groups is 1. The molecule has 19 heavy (non-hydrogen) atoms. The summed E-state index contributed by atoms with van der Waals surface area (Å²) in [5, 5.41) is 3.25. The van der Waals surface area contributed by atoms with E-state index in [9.17, 15) is 13.2 Å². The molecule has 1 amide bonds. The molecule has 7 nitrogen and oxygen atoms in total. The summed E-state index contributed by atoms with van der Waals surface area (Å²) in [5.41, 5.74) is 0. The monoisotopic (exact) mass is 293 g/mol. The molecule has 112 valence electrons. The summed E-state index contributed by atoms with van der Waals surface area (Å²) in [6.07, 6.45) is 1.79. The van der Waals surface area contributed by atoms with Crippen LogP contribution in [0.15, 0.2) is 0 Å². The lowest BCUT2D eigenvalue weighted by Crippen LogP contribution is -2.47. The van der Waals surface area contributed by atoms with E-state index in [4.69, 9.17) is 0 Å². The standard InChI is InChI=1S/C11H23N3O4S/c1-3-7-14(9-10-5-4-6-12-8-10)19(16,17)13-11(15)18-2/h10,12H,3-9H2,1-2H3,(H,13,15). The SMILES string of the molecule is CCCN(CC1CCCNC1)S(=O)(=O)NC(=O)OC. The Kier molecular flexibility index (Phi) is 6.53. The number of nitrogens with zero attached hydrogens (tertiary/aromatic N) is 1. The number of carbonyl (C=O) groups excluding carboxylic acids is 1. The Morgan fingerprint density at radius 3 is 2.79 bits per heavy atom. The third-order valence-corrected chi connectivity index (χ3v) is 4.51. The zero-order chi connectivity index (χ0) is 14.3. The summed E-state index contributed by atoms with van der Waals surface area (Å²) in [5.74, 6) is 0.287. The predicted molar refractivity (Wildman–Crippen MR) is 71.9 cm³/mol. The van der Waals surface area contributed by atoms with Crippen LogP contribution < -0.4 is 10.0 Å². The fourth-order valence-corrected chi connectivity index (χ4v) is 3.39. The van der Waals surface area contributed by atoms with Crippen molar-refractivity contribution in [2.24, 2.45) is 5.92 Å². The number of hydrogen-bond acceptors (Lipinski definition) is 5. The maximum atomic E-state index is 12.1. The van der Waals surface area contributed by atoms with Crippen LogP contribution in [-0.4, -0.2) is 52.1 Å². The molecule has 0 bridgehead atoms. The first-order valence-corrected chi connectivity index (χ1v) is 8.00. The van der Waals surface area contributed by atoms with Crippen LogP contribution >= 0.6 is 0 Å². The second-order valence-electron chi connectivity index (χ2n) is 4.67. The van der Waals surface area contributed by atoms with Crippen LogP contribution in [0.4, 0.5) is 4.79 Å². The topological polar surface area (TPSA) is 87.7 Å². The summed E-state index contributed by atoms with van der Waals surface area (Å²) in [7, 11) is -2.68. The molecule has 1 rings (SSSR count). The Morgan fingerprint density at radius 2 is 2.26 bits per heavy atom. The molecule has 1 saturated heterocycles. The molecule has 0 radical (unpaired) electrons. The highest BCUT2D eigenvalue weighted by Crippen LogP contribution is 2.14. The maximum Gasteiger partial charge on any atom is 0.421 e. The Bertz CT molecular complexity index is 379. The summed E-state index contributed by atoms with van der Waals surface area (Å²) < 4.78 is 31.7. The van der Waals surface area contributed by atoms with E-state index in [1.54, 1.807) is 0 Å². The highest BCUT2D eigenvalue weighted by molar-refractivity contribution is 7.87. The van der Waals surface area contributed by atoms with Gasteiger partial charge in [0.2, 0.25) is 0 Å². The van der Waals surface area contributed by atoms with Gasteiger partial charge in [0, 0.05) is 13.1 Å². The maximum absolute atomic E-state index is 12.1. The van der Waals surface area contributed by atoms with E-state index in [2.05, 4.69) is 10.1 Å². The molecule has 1 unspecified atom stereocenters. The number of methoxy groups -OCH3 is 1. The molecular formula is C11H23N3O4S. The predicted octanol–water partition coefficient (Wildman–Crippen LogP) is 0.299. The second kappa shape index (κ2) is 7.66. The Hall–Kier alpha value is -0.860. The fourth-order valence-electron chi connectivity index (χ4n) is 2.14. The van der Waals surface area contributed by atoms with Gasteiger partial charge < -0.3 is 10.1 Å². The average Bonchev–Trinajstić information content (AvgIpc) is 2.39. The normalized spacial score (nSPS) is 20.3. The third-order valence-electron chi connectivity index (χ3n) is 3.07. The Balaban J connectivity index is 2.66. The van der Waals surface area contributed by atoms with Gasteiger partial charge in [-0.2, -0.15) is 12.7 Å². The van der Waals surface area contributed by atoms with E-state index in [0.717, 1.165) is 33.0 Å². The highest BCUT2D eigenvalue weighted by Gasteiger charge is 2.27. The first-order valence-electron chi connectivity index (χ1n) is 6.56. The van der Waals surface area contributed by atoms with Gasteiger partial charge in [-0.25, -0.2) is 9.52 Å². The first kappa shape index (κ1) is 16.2. The molecule has 8 heteroatoms. The molecule has 0 aromatic carbocycles. The molecule has 1 aliphatic heterocycles. The molecule has 0 spiro atoms. The van der Waals surface area contributed by atoms with Crippen molar-refractivity contribution in [2.45, 2.75) is 26.2 Å². The summed E-state index contributed by atoms with van der Waals surface area (Å²) in [6.45, 7) is 4.52. The van der Waals surface area contributed by atoms with Crippen LogP contribution in [0.2, 0.25) is 0 Å². The van der Waals surface area contributed by atoms with E-state index in [1.165, 1.54) is 4.31 Å². The van der Waals surface area contributed by atoms with Crippen molar-refractivity contribution in [1.29, 1.82) is 0 Å². The number of amides is 1. The van der Waals surface area contributed by atoms with Gasteiger partial charge in [0.1, 0.15) is 0 Å². The molecule has 1 aliphatic rings. The molecule has 1 fully saturated rings. The number of hydrogen-bond donors (Lipinski definition) is 2. The number of nitrogens with one attached hydrogen (secondary N) is 2. The van der Waals surface area contributed by atoms with Crippen molar-refractivity contribution in [3.8, 4) is 0 Å². The number of piperidine rings is 1. The van der Waals surface area contributed by atoms with Gasteiger partial charge in [0.15, 0.2) is 0 Å². The summed E-state index contributed by atoms with van der Waals surface area (Å²) >= 11 is 0. The Labute approximate surface area is 114 Å². The van der Waals surface area contributed by atoms with Crippen molar-refractivity contribution in [3.05, 3.63) is 0 Å². The minimum atomic E-state index is -3.81. The minimum absolute atomic E-state index is 0.287. The molecule has 0 saturated carbocycles. The van der Waals surface area contributed by atoms with Crippen molar-refractivity contribution in [3.63, 3.8) is 0 Å². The Morgan fingerprint density at radius 1 is 1.53 bits per heavy atom. The van der Waals surface area contributed by atoms with Crippen LogP contribution in [0.3, 0.4) is 0 Å². The molecule has 0 aromatic rings. The van der Waals surface area contributed by atoms with Gasteiger partial charge in [-0.15, -0.1) is 0 Å². The van der Waals surface area contributed by atoms with E-state index < -0.39 is 16.3 Å². The third kappa shape index (κ3) is 5.33. The average molecular weight is 293 g/mol. The molecule has 0 aliphatic carbocycles. The lowest BCUT2D eigenvalue weighted by Gasteiger charge is -2.29. The van der Waals surface area contributed by atoms with E-state index in [-0.39, 0.29) is 5.92 Å². The molecule has 0 aromatic heterocycles. The zero-order valence-electron chi connectivity index (χ0n) is 11.5. The van der Waals surface area contributed by atoms with Gasteiger partial charge in [0.05, 0.1) is 7.11 Å². The van der Waals surface area contributed by atoms with Crippen LogP contribution in [0.25, 0.3) is 0 Å². The lowest BCUT2D eigenvalue weighted by molar-refractivity contribution is 0.176. The van der Waals surface area contributed by atoms with Crippen molar-refractivity contribution < 1.29 is 17.9 Å². The van der Waals surface area contributed by atoms with Crippen molar-refractivity contribution in [1.82, 2.24) is 14.3 Å². The van der Waals surface area contributed by atoms with E-state index >= 15 is 0 Å². The first-order chi connectivity index (χ1) is 8.99. The summed E-state index contributed by atoms with van der Waals surface area (Å²) in [6, 6.07) is 0. The van der Waals surface area contributed by atoms with Crippen molar-refractivity contribution in [2.75, 3.05) is 33.3 Å². The molecule has 1 heterocycles. The van der Waals surface area contributed by atoms with Gasteiger partial charge >= 0.3 is 16.3 Å². The van der Waals surface area contributed by atoms with Gasteiger partial charge in [0.25, 0.3) is 0 Å². The lowest BCUT2D eigenvalue weighted by atomic mass is 10.00. The van der Waals surface area contributed by atoms with Gasteiger partial charge in [-0.1, -0.05) is 6.92 Å². The smallest absolute Gasteiger partial charge is 0.421 e. The van der Waals surface area contributed by atoms with E-state index in [0.29, 0.717) is 19.5 Å². The van der Waals surface area contributed by atoms with Crippen molar-refractivity contribution >= 4 is 16.3 Å². The van der Waals surface area contributed by atoms with Gasteiger partial charge in [-0.05, 0) is 38.3 Å². The quantitative estimate of drug-likeness (QED) is 0.735. The van der Waals surface area contributed by atoms with Crippen LogP contribution in [0.1, 0.15) is 26.2 Å². The second-order valence-corrected chi connectivity index (χ2v) is 6.34. The van der Waals surface area contributed by atoms with Crippen LogP contribution in [-0.2, 0) is 14.9 Å².